The molecule has 4 heteroatoms. The molecule has 0 radical (unpaired) electrons. The molecule has 0 rings (SSSR count). The van der Waals surface area contributed by atoms with E-state index in [1.807, 2.05) is 20.8 Å². The van der Waals surface area contributed by atoms with Crippen molar-refractivity contribution >= 4 is 18.4 Å². The van der Waals surface area contributed by atoms with Gasteiger partial charge in [-0.2, -0.15) is 0 Å². The van der Waals surface area contributed by atoms with Crippen LogP contribution in [0.3, 0.4) is 0 Å². The van der Waals surface area contributed by atoms with Crippen molar-refractivity contribution in [1.29, 1.82) is 0 Å². The molecule has 0 aromatic rings. The zero-order valence-electron chi connectivity index (χ0n) is 8.21. The summed E-state index contributed by atoms with van der Waals surface area (Å²) in [5.74, 6) is -0.333. The molecule has 0 amide bonds. The first-order valence-corrected chi connectivity index (χ1v) is 3.62. The first kappa shape index (κ1) is 14.3. The van der Waals surface area contributed by atoms with Crippen LogP contribution in [-0.4, -0.2) is 24.8 Å². The summed E-state index contributed by atoms with van der Waals surface area (Å²) in [6.07, 6.45) is -0.486. The second kappa shape index (κ2) is 5.38. The van der Waals surface area contributed by atoms with E-state index in [4.69, 9.17) is 4.74 Å². The molecule has 0 spiro atoms. The van der Waals surface area contributed by atoms with E-state index < -0.39 is 6.10 Å². The minimum atomic E-state index is -0.486. The van der Waals surface area contributed by atoms with Crippen LogP contribution in [-0.2, 0) is 14.3 Å². The van der Waals surface area contributed by atoms with Crippen LogP contribution < -0.4 is 0 Å². The summed E-state index contributed by atoms with van der Waals surface area (Å²) < 4.78 is 9.81. The van der Waals surface area contributed by atoms with E-state index in [0.717, 1.165) is 0 Å². The minimum absolute atomic E-state index is 0. The second-order valence-electron chi connectivity index (χ2n) is 3.40. The maximum atomic E-state index is 10.8. The molecule has 0 aliphatic heterocycles. The molecule has 0 bridgehead atoms. The van der Waals surface area contributed by atoms with E-state index in [2.05, 4.69) is 4.74 Å². The summed E-state index contributed by atoms with van der Waals surface area (Å²) in [6, 6.07) is 0. The maximum Gasteiger partial charge on any atom is 0.334 e. The molecule has 1 atom stereocenters. The Morgan fingerprint density at radius 2 is 1.75 bits per heavy atom. The number of carbonyl (C=O) groups excluding carboxylic acids is 1. The van der Waals surface area contributed by atoms with Crippen molar-refractivity contribution in [2.75, 3.05) is 7.11 Å². The summed E-state index contributed by atoms with van der Waals surface area (Å²) in [7, 11) is 1.35. The van der Waals surface area contributed by atoms with Crippen molar-refractivity contribution in [2.45, 2.75) is 39.4 Å². The highest BCUT2D eigenvalue weighted by Gasteiger charge is 2.20. The monoisotopic (exact) mass is 196 g/mol. The number of rotatable bonds is 2. The van der Waals surface area contributed by atoms with E-state index in [-0.39, 0.29) is 24.0 Å². The molecule has 0 heterocycles. The zero-order chi connectivity index (χ0) is 9.07. The Balaban J connectivity index is 0. The molecule has 0 aliphatic rings. The fourth-order valence-electron chi connectivity index (χ4n) is 0.744. The Morgan fingerprint density at radius 3 is 2.00 bits per heavy atom. The third kappa shape index (κ3) is 6.43. The molecule has 1 unspecified atom stereocenters. The summed E-state index contributed by atoms with van der Waals surface area (Å²) in [4.78, 5) is 10.8. The van der Waals surface area contributed by atoms with E-state index in [9.17, 15) is 4.79 Å². The van der Waals surface area contributed by atoms with Crippen LogP contribution in [0.25, 0.3) is 0 Å². The Morgan fingerprint density at radius 1 is 1.33 bits per heavy atom. The van der Waals surface area contributed by atoms with Gasteiger partial charge in [0.2, 0.25) is 0 Å². The van der Waals surface area contributed by atoms with Crippen molar-refractivity contribution in [2.24, 2.45) is 0 Å². The normalized spacial score (nSPS) is 13.1. The maximum absolute atomic E-state index is 10.8. The van der Waals surface area contributed by atoms with Crippen LogP contribution in [0.5, 0.6) is 0 Å². The zero-order valence-corrected chi connectivity index (χ0v) is 9.03. The number of methoxy groups -OCH3 is 1. The first-order valence-electron chi connectivity index (χ1n) is 3.62. The molecular formula is C8H17ClO3. The lowest BCUT2D eigenvalue weighted by Gasteiger charge is -2.23. The van der Waals surface area contributed by atoms with Gasteiger partial charge in [-0.05, 0) is 27.7 Å². The molecule has 3 nitrogen and oxygen atoms in total. The lowest BCUT2D eigenvalue weighted by atomic mass is 10.2. The van der Waals surface area contributed by atoms with Gasteiger partial charge in [-0.1, -0.05) is 0 Å². The fourth-order valence-corrected chi connectivity index (χ4v) is 0.744. The van der Waals surface area contributed by atoms with Crippen LogP contribution in [0, 0.1) is 0 Å². The first-order chi connectivity index (χ1) is 4.87. The van der Waals surface area contributed by atoms with E-state index in [1.165, 1.54) is 7.11 Å². The van der Waals surface area contributed by atoms with Crippen LogP contribution in [0.4, 0.5) is 0 Å². The van der Waals surface area contributed by atoms with Gasteiger partial charge in [0.1, 0.15) is 0 Å². The summed E-state index contributed by atoms with van der Waals surface area (Å²) in [6.45, 7) is 7.36. The molecule has 12 heavy (non-hydrogen) atoms. The Hall–Kier alpha value is -0.280. The van der Waals surface area contributed by atoms with Gasteiger partial charge < -0.3 is 9.47 Å². The summed E-state index contributed by atoms with van der Waals surface area (Å²) in [5.41, 5.74) is -0.298. The lowest BCUT2D eigenvalue weighted by Crippen LogP contribution is -2.31. The molecule has 0 saturated carbocycles. The van der Waals surface area contributed by atoms with E-state index in [0.29, 0.717) is 0 Å². The van der Waals surface area contributed by atoms with Crippen molar-refractivity contribution in [3.63, 3.8) is 0 Å². The average molecular weight is 197 g/mol. The van der Waals surface area contributed by atoms with Crippen molar-refractivity contribution < 1.29 is 14.3 Å². The molecule has 0 N–H and O–H groups in total. The Kier molecular flexibility index (Phi) is 6.39. The number of ether oxygens (including phenoxy) is 2. The molecule has 0 fully saturated rings. The third-order valence-electron chi connectivity index (χ3n) is 1.06. The van der Waals surface area contributed by atoms with Crippen LogP contribution >= 0.6 is 12.4 Å². The topological polar surface area (TPSA) is 35.5 Å². The quantitative estimate of drug-likeness (QED) is 0.632. The number of esters is 1. The Labute approximate surface area is 79.8 Å². The van der Waals surface area contributed by atoms with Gasteiger partial charge in [0.05, 0.1) is 12.7 Å². The summed E-state index contributed by atoms with van der Waals surface area (Å²) >= 11 is 0. The molecular weight excluding hydrogens is 180 g/mol. The minimum Gasteiger partial charge on any atom is -0.467 e. The predicted molar refractivity (Wildman–Crippen MR) is 49.6 cm³/mol. The van der Waals surface area contributed by atoms with Crippen LogP contribution in [0.15, 0.2) is 0 Å². The van der Waals surface area contributed by atoms with Gasteiger partial charge in [0.25, 0.3) is 0 Å². The van der Waals surface area contributed by atoms with E-state index in [1.54, 1.807) is 6.92 Å². The van der Waals surface area contributed by atoms with Gasteiger partial charge in [-0.25, -0.2) is 4.79 Å². The second-order valence-corrected chi connectivity index (χ2v) is 3.40. The molecule has 74 valence electrons. The molecule has 0 aliphatic carbocycles. The van der Waals surface area contributed by atoms with Gasteiger partial charge >= 0.3 is 5.97 Å². The highest BCUT2D eigenvalue weighted by Crippen LogP contribution is 2.10. The van der Waals surface area contributed by atoms with Gasteiger partial charge in [-0.3, -0.25) is 0 Å². The highest BCUT2D eigenvalue weighted by molar-refractivity contribution is 5.85. The van der Waals surface area contributed by atoms with Crippen LogP contribution in [0.1, 0.15) is 27.7 Å². The average Bonchev–Trinajstić information content (AvgIpc) is 1.82. The Bertz CT molecular complexity index is 140. The number of hydrogen-bond donors (Lipinski definition) is 0. The smallest absolute Gasteiger partial charge is 0.334 e. The lowest BCUT2D eigenvalue weighted by molar-refractivity contribution is -0.161. The number of carbonyl (C=O) groups is 1. The van der Waals surface area contributed by atoms with Crippen LogP contribution in [0.2, 0.25) is 0 Å². The van der Waals surface area contributed by atoms with Gasteiger partial charge in [0.15, 0.2) is 6.10 Å². The molecule has 0 aromatic carbocycles. The molecule has 0 aromatic heterocycles. The van der Waals surface area contributed by atoms with Crippen molar-refractivity contribution in [3.05, 3.63) is 0 Å². The predicted octanol–water partition coefficient (Wildman–Crippen LogP) is 1.78. The fraction of sp³-hybridized carbons (Fsp3) is 0.875. The number of halogens is 1. The van der Waals surface area contributed by atoms with Gasteiger partial charge in [-0.15, -0.1) is 12.4 Å². The largest absolute Gasteiger partial charge is 0.467 e. The van der Waals surface area contributed by atoms with E-state index >= 15 is 0 Å². The summed E-state index contributed by atoms with van der Waals surface area (Å²) in [5, 5.41) is 0. The molecule has 0 saturated heterocycles. The van der Waals surface area contributed by atoms with Gasteiger partial charge in [0, 0.05) is 0 Å². The standard InChI is InChI=1S/C8H16O3.ClH/c1-6(7(9)10-5)11-8(2,3)4;/h6H,1-5H3;1H. The van der Waals surface area contributed by atoms with Crippen molar-refractivity contribution in [1.82, 2.24) is 0 Å². The van der Waals surface area contributed by atoms with Crippen molar-refractivity contribution in [3.8, 4) is 0 Å². The third-order valence-corrected chi connectivity index (χ3v) is 1.06. The number of hydrogen-bond acceptors (Lipinski definition) is 3. The highest BCUT2D eigenvalue weighted by atomic mass is 35.5. The SMILES string of the molecule is COC(=O)C(C)OC(C)(C)C.Cl.